The SMILES string of the molecule is CC1(C)C=COC(C)(Nc2ccc(Br)cc2)C1. The number of hydrogen-bond acceptors (Lipinski definition) is 2. The standard InChI is InChI=1S/C14H18BrNO/c1-13(2)8-9-17-14(3,10-13)16-12-6-4-11(15)5-7-12/h4-9,16H,10H2,1-3H3. The zero-order valence-corrected chi connectivity index (χ0v) is 12.0. The number of hydrogen-bond donors (Lipinski definition) is 1. The molecule has 1 aliphatic rings. The molecule has 1 aliphatic heterocycles. The summed E-state index contributed by atoms with van der Waals surface area (Å²) in [6.45, 7) is 6.52. The van der Waals surface area contributed by atoms with E-state index in [1.165, 1.54) is 0 Å². The fourth-order valence-corrected chi connectivity index (χ4v) is 2.51. The van der Waals surface area contributed by atoms with E-state index in [9.17, 15) is 0 Å². The minimum absolute atomic E-state index is 0.162. The molecular weight excluding hydrogens is 278 g/mol. The number of allylic oxidation sites excluding steroid dienone is 1. The molecule has 1 atom stereocenters. The van der Waals surface area contributed by atoms with Gasteiger partial charge in [-0.15, -0.1) is 0 Å². The molecule has 92 valence electrons. The summed E-state index contributed by atoms with van der Waals surface area (Å²) in [6, 6.07) is 8.14. The number of anilines is 1. The fraction of sp³-hybridized carbons (Fsp3) is 0.429. The van der Waals surface area contributed by atoms with E-state index in [0.29, 0.717) is 0 Å². The first-order valence-corrected chi connectivity index (χ1v) is 6.57. The second-order valence-corrected chi connectivity index (χ2v) is 6.36. The van der Waals surface area contributed by atoms with Gasteiger partial charge in [-0.25, -0.2) is 0 Å². The van der Waals surface area contributed by atoms with Crippen molar-refractivity contribution in [1.29, 1.82) is 0 Å². The first-order chi connectivity index (χ1) is 7.89. The molecule has 1 unspecified atom stereocenters. The van der Waals surface area contributed by atoms with Gasteiger partial charge in [0.2, 0.25) is 0 Å². The highest BCUT2D eigenvalue weighted by Crippen LogP contribution is 2.36. The van der Waals surface area contributed by atoms with Gasteiger partial charge in [0.05, 0.1) is 6.26 Å². The van der Waals surface area contributed by atoms with Crippen molar-refractivity contribution in [3.05, 3.63) is 41.1 Å². The molecule has 1 N–H and O–H groups in total. The second-order valence-electron chi connectivity index (χ2n) is 5.45. The molecule has 0 saturated heterocycles. The van der Waals surface area contributed by atoms with Crippen LogP contribution in [0.4, 0.5) is 5.69 Å². The van der Waals surface area contributed by atoms with Crippen LogP contribution in [0.25, 0.3) is 0 Å². The van der Waals surface area contributed by atoms with Crippen LogP contribution >= 0.6 is 15.9 Å². The van der Waals surface area contributed by atoms with Crippen molar-refractivity contribution in [3.8, 4) is 0 Å². The van der Waals surface area contributed by atoms with Crippen LogP contribution in [0.15, 0.2) is 41.1 Å². The molecule has 0 aliphatic carbocycles. The zero-order chi connectivity index (χ0) is 12.5. The van der Waals surface area contributed by atoms with Gasteiger partial charge in [0.1, 0.15) is 0 Å². The van der Waals surface area contributed by atoms with E-state index in [2.05, 4.69) is 48.1 Å². The summed E-state index contributed by atoms with van der Waals surface area (Å²) in [4.78, 5) is 0. The molecule has 0 aromatic heterocycles. The smallest absolute Gasteiger partial charge is 0.177 e. The van der Waals surface area contributed by atoms with Gasteiger partial charge in [0.25, 0.3) is 0 Å². The van der Waals surface area contributed by atoms with Gasteiger partial charge < -0.3 is 10.1 Å². The zero-order valence-electron chi connectivity index (χ0n) is 10.5. The number of nitrogens with one attached hydrogen (secondary N) is 1. The number of ether oxygens (including phenoxy) is 1. The van der Waals surface area contributed by atoms with Crippen LogP contribution in [-0.4, -0.2) is 5.72 Å². The molecule has 1 heterocycles. The van der Waals surface area contributed by atoms with Crippen molar-refractivity contribution < 1.29 is 4.74 Å². The Morgan fingerprint density at radius 2 is 1.82 bits per heavy atom. The number of benzene rings is 1. The van der Waals surface area contributed by atoms with Crippen molar-refractivity contribution in [3.63, 3.8) is 0 Å². The van der Waals surface area contributed by atoms with E-state index < -0.39 is 0 Å². The first kappa shape index (κ1) is 12.5. The van der Waals surface area contributed by atoms with Gasteiger partial charge in [-0.2, -0.15) is 0 Å². The van der Waals surface area contributed by atoms with Crippen molar-refractivity contribution >= 4 is 21.6 Å². The highest BCUT2D eigenvalue weighted by Gasteiger charge is 2.35. The molecule has 17 heavy (non-hydrogen) atoms. The minimum Gasteiger partial charge on any atom is -0.476 e. The highest BCUT2D eigenvalue weighted by molar-refractivity contribution is 9.10. The molecule has 3 heteroatoms. The van der Waals surface area contributed by atoms with E-state index >= 15 is 0 Å². The number of rotatable bonds is 2. The lowest BCUT2D eigenvalue weighted by atomic mass is 9.83. The van der Waals surface area contributed by atoms with Crippen LogP contribution in [0.5, 0.6) is 0 Å². The lowest BCUT2D eigenvalue weighted by molar-refractivity contribution is 0.0151. The van der Waals surface area contributed by atoms with Crippen LogP contribution in [0.2, 0.25) is 0 Å². The Morgan fingerprint density at radius 3 is 2.41 bits per heavy atom. The highest BCUT2D eigenvalue weighted by atomic mass is 79.9. The Kier molecular flexibility index (Phi) is 3.21. The molecule has 0 fully saturated rings. The van der Waals surface area contributed by atoms with Gasteiger partial charge in [0, 0.05) is 16.6 Å². The summed E-state index contributed by atoms with van der Waals surface area (Å²) in [7, 11) is 0. The van der Waals surface area contributed by atoms with E-state index in [-0.39, 0.29) is 11.1 Å². The van der Waals surface area contributed by atoms with Crippen LogP contribution in [0.3, 0.4) is 0 Å². The topological polar surface area (TPSA) is 21.3 Å². The maximum absolute atomic E-state index is 5.73. The van der Waals surface area contributed by atoms with Crippen molar-refractivity contribution in [2.24, 2.45) is 5.41 Å². The predicted octanol–water partition coefficient (Wildman–Crippen LogP) is 4.54. The lowest BCUT2D eigenvalue weighted by Crippen LogP contribution is -2.42. The summed E-state index contributed by atoms with van der Waals surface area (Å²) in [5.41, 5.74) is 0.892. The molecule has 0 bridgehead atoms. The lowest BCUT2D eigenvalue weighted by Gasteiger charge is -2.40. The average molecular weight is 296 g/mol. The maximum Gasteiger partial charge on any atom is 0.177 e. The molecule has 0 radical (unpaired) electrons. The molecule has 1 aromatic rings. The van der Waals surface area contributed by atoms with Gasteiger partial charge >= 0.3 is 0 Å². The van der Waals surface area contributed by atoms with Crippen LogP contribution in [-0.2, 0) is 4.74 Å². The Morgan fingerprint density at radius 1 is 1.18 bits per heavy atom. The predicted molar refractivity (Wildman–Crippen MR) is 74.8 cm³/mol. The summed E-state index contributed by atoms with van der Waals surface area (Å²) in [6.07, 6.45) is 4.85. The third-order valence-corrected chi connectivity index (χ3v) is 3.42. The van der Waals surface area contributed by atoms with Crippen molar-refractivity contribution in [2.75, 3.05) is 5.32 Å². The summed E-state index contributed by atoms with van der Waals surface area (Å²) < 4.78 is 6.81. The van der Waals surface area contributed by atoms with Crippen LogP contribution in [0.1, 0.15) is 27.2 Å². The monoisotopic (exact) mass is 295 g/mol. The van der Waals surface area contributed by atoms with E-state index in [1.807, 2.05) is 24.3 Å². The molecular formula is C14H18BrNO. The summed E-state index contributed by atoms with van der Waals surface area (Å²) >= 11 is 3.43. The fourth-order valence-electron chi connectivity index (χ4n) is 2.25. The van der Waals surface area contributed by atoms with E-state index in [0.717, 1.165) is 16.6 Å². The molecule has 2 rings (SSSR count). The second kappa shape index (κ2) is 4.37. The third-order valence-electron chi connectivity index (χ3n) is 2.89. The van der Waals surface area contributed by atoms with Gasteiger partial charge in [0.15, 0.2) is 5.72 Å². The van der Waals surface area contributed by atoms with E-state index in [1.54, 1.807) is 6.26 Å². The van der Waals surface area contributed by atoms with Gasteiger partial charge in [-0.3, -0.25) is 0 Å². The Bertz CT molecular complexity index is 424. The summed E-state index contributed by atoms with van der Waals surface area (Å²) in [5, 5.41) is 3.45. The van der Waals surface area contributed by atoms with Crippen molar-refractivity contribution in [1.82, 2.24) is 0 Å². The summed E-state index contributed by atoms with van der Waals surface area (Å²) in [5.74, 6) is 0. The van der Waals surface area contributed by atoms with Crippen molar-refractivity contribution in [2.45, 2.75) is 32.9 Å². The molecule has 0 saturated carbocycles. The third kappa shape index (κ3) is 3.25. The molecule has 1 aromatic carbocycles. The van der Waals surface area contributed by atoms with E-state index in [4.69, 9.17) is 4.74 Å². The molecule has 0 amide bonds. The first-order valence-electron chi connectivity index (χ1n) is 5.78. The molecule has 2 nitrogen and oxygen atoms in total. The minimum atomic E-state index is -0.341. The maximum atomic E-state index is 5.73. The Hall–Kier alpha value is -0.960. The van der Waals surface area contributed by atoms with Gasteiger partial charge in [-0.05, 0) is 42.7 Å². The largest absolute Gasteiger partial charge is 0.476 e. The van der Waals surface area contributed by atoms with Crippen LogP contribution in [0, 0.1) is 5.41 Å². The number of halogens is 1. The quantitative estimate of drug-likeness (QED) is 0.865. The van der Waals surface area contributed by atoms with Crippen LogP contribution < -0.4 is 5.32 Å². The normalized spacial score (nSPS) is 26.4. The Labute approximate surface area is 111 Å². The Balaban J connectivity index is 2.13. The van der Waals surface area contributed by atoms with Gasteiger partial charge in [-0.1, -0.05) is 29.8 Å². The average Bonchev–Trinajstić information content (AvgIpc) is 2.19. The molecule has 0 spiro atoms.